The van der Waals surface area contributed by atoms with E-state index in [1.165, 1.54) is 30.4 Å². The van der Waals surface area contributed by atoms with Crippen LogP contribution in [0, 0.1) is 6.92 Å². The highest BCUT2D eigenvalue weighted by Crippen LogP contribution is 2.34. The predicted octanol–water partition coefficient (Wildman–Crippen LogP) is 3.11. The zero-order chi connectivity index (χ0) is 10.0. The number of aryl methyl sites for hydroxylation is 1. The summed E-state index contributed by atoms with van der Waals surface area (Å²) in [5, 5.41) is 0. The zero-order valence-corrected chi connectivity index (χ0v) is 8.92. The van der Waals surface area contributed by atoms with Gasteiger partial charge in [-0.15, -0.1) is 0 Å². The second-order valence-corrected chi connectivity index (χ2v) is 4.59. The van der Waals surface area contributed by atoms with E-state index in [0.29, 0.717) is 0 Å². The fraction of sp³-hybridized carbons (Fsp3) is 0.538. The Labute approximate surface area is 86.3 Å². The third-order valence-corrected chi connectivity index (χ3v) is 3.34. The minimum Gasteiger partial charge on any atom is -0.321 e. The molecule has 1 aliphatic carbocycles. The van der Waals surface area contributed by atoms with Crippen LogP contribution < -0.4 is 5.73 Å². The molecule has 0 atom stereocenters. The predicted molar refractivity (Wildman–Crippen MR) is 60.1 cm³/mol. The number of hydrogen-bond donors (Lipinski definition) is 1. The molecule has 1 nitrogen and oxygen atoms in total. The molecule has 0 bridgehead atoms. The largest absolute Gasteiger partial charge is 0.321 e. The van der Waals surface area contributed by atoms with E-state index < -0.39 is 0 Å². The Hall–Kier alpha value is -0.820. The summed E-state index contributed by atoms with van der Waals surface area (Å²) in [6.45, 7) is 2.13. The molecule has 2 rings (SSSR count). The summed E-state index contributed by atoms with van der Waals surface area (Å²) < 4.78 is 0. The molecule has 1 aromatic rings. The van der Waals surface area contributed by atoms with E-state index in [-0.39, 0.29) is 5.54 Å². The Morgan fingerprint density at radius 3 is 2.50 bits per heavy atom. The van der Waals surface area contributed by atoms with E-state index in [9.17, 15) is 0 Å². The molecular weight excluding hydrogens is 170 g/mol. The van der Waals surface area contributed by atoms with Gasteiger partial charge in [0.1, 0.15) is 0 Å². The lowest BCUT2D eigenvalue weighted by Crippen LogP contribution is -2.38. The van der Waals surface area contributed by atoms with Gasteiger partial charge in [-0.1, -0.05) is 49.1 Å². The van der Waals surface area contributed by atoms with E-state index in [2.05, 4.69) is 31.2 Å². The Morgan fingerprint density at radius 1 is 1.14 bits per heavy atom. The lowest BCUT2D eigenvalue weighted by Gasteiger charge is -2.34. The van der Waals surface area contributed by atoms with Crippen molar-refractivity contribution >= 4 is 0 Å². The Morgan fingerprint density at radius 2 is 1.86 bits per heavy atom. The molecule has 0 saturated heterocycles. The molecule has 0 heterocycles. The smallest absolute Gasteiger partial charge is 0.0409 e. The van der Waals surface area contributed by atoms with Crippen LogP contribution in [-0.4, -0.2) is 0 Å². The lowest BCUT2D eigenvalue weighted by atomic mass is 9.77. The summed E-state index contributed by atoms with van der Waals surface area (Å²) in [6, 6.07) is 8.67. The first-order valence-corrected chi connectivity index (χ1v) is 5.57. The van der Waals surface area contributed by atoms with Crippen LogP contribution in [0.1, 0.15) is 43.2 Å². The fourth-order valence-corrected chi connectivity index (χ4v) is 2.43. The average Bonchev–Trinajstić information content (AvgIpc) is 2.19. The molecule has 0 aromatic heterocycles. The highest BCUT2D eigenvalue weighted by Gasteiger charge is 2.28. The van der Waals surface area contributed by atoms with Gasteiger partial charge in [-0.3, -0.25) is 0 Å². The van der Waals surface area contributed by atoms with E-state index in [4.69, 9.17) is 5.73 Å². The van der Waals surface area contributed by atoms with Gasteiger partial charge >= 0.3 is 0 Å². The van der Waals surface area contributed by atoms with Gasteiger partial charge in [-0.2, -0.15) is 0 Å². The van der Waals surface area contributed by atoms with Crippen molar-refractivity contribution in [3.05, 3.63) is 35.4 Å². The molecule has 1 saturated carbocycles. The van der Waals surface area contributed by atoms with Crippen molar-refractivity contribution in [2.75, 3.05) is 0 Å². The standard InChI is InChI=1S/C13H19N/c1-11-6-5-7-12(10-11)13(14)8-3-2-4-9-13/h5-7,10H,2-4,8-9,14H2,1H3. The zero-order valence-electron chi connectivity index (χ0n) is 8.92. The van der Waals surface area contributed by atoms with Crippen molar-refractivity contribution in [2.45, 2.75) is 44.6 Å². The van der Waals surface area contributed by atoms with Crippen LogP contribution in [0.15, 0.2) is 24.3 Å². The van der Waals surface area contributed by atoms with Crippen LogP contribution in [-0.2, 0) is 5.54 Å². The molecule has 0 unspecified atom stereocenters. The summed E-state index contributed by atoms with van der Waals surface area (Å²) in [6.07, 6.45) is 6.21. The molecule has 0 radical (unpaired) electrons. The summed E-state index contributed by atoms with van der Waals surface area (Å²) in [7, 11) is 0. The van der Waals surface area contributed by atoms with Gasteiger partial charge in [0.05, 0.1) is 0 Å². The first-order chi connectivity index (χ1) is 6.71. The second kappa shape index (κ2) is 3.74. The molecule has 1 fully saturated rings. The second-order valence-electron chi connectivity index (χ2n) is 4.59. The Balaban J connectivity index is 2.28. The highest BCUT2D eigenvalue weighted by molar-refractivity contribution is 5.29. The molecule has 1 aliphatic rings. The normalized spacial score (nSPS) is 20.7. The van der Waals surface area contributed by atoms with Gasteiger partial charge < -0.3 is 5.73 Å². The van der Waals surface area contributed by atoms with Crippen LogP contribution in [0.5, 0.6) is 0 Å². The maximum atomic E-state index is 6.45. The Kier molecular flexibility index (Phi) is 2.60. The van der Waals surface area contributed by atoms with E-state index in [1.807, 2.05) is 0 Å². The number of rotatable bonds is 1. The minimum atomic E-state index is -0.0374. The van der Waals surface area contributed by atoms with Crippen LogP contribution in [0.25, 0.3) is 0 Å². The van der Waals surface area contributed by atoms with Crippen LogP contribution in [0.2, 0.25) is 0 Å². The first kappa shape index (κ1) is 9.72. The average molecular weight is 189 g/mol. The third-order valence-electron chi connectivity index (χ3n) is 3.34. The first-order valence-electron chi connectivity index (χ1n) is 5.57. The van der Waals surface area contributed by atoms with Gasteiger partial charge in [-0.25, -0.2) is 0 Å². The summed E-state index contributed by atoms with van der Waals surface area (Å²) in [5.74, 6) is 0. The quantitative estimate of drug-likeness (QED) is 0.721. The van der Waals surface area contributed by atoms with Crippen molar-refractivity contribution in [3.63, 3.8) is 0 Å². The van der Waals surface area contributed by atoms with Gasteiger partial charge in [-0.05, 0) is 25.3 Å². The third kappa shape index (κ3) is 1.83. The molecule has 14 heavy (non-hydrogen) atoms. The van der Waals surface area contributed by atoms with Crippen molar-refractivity contribution in [1.29, 1.82) is 0 Å². The molecular formula is C13H19N. The SMILES string of the molecule is Cc1cccc(C2(N)CCCCC2)c1. The summed E-state index contributed by atoms with van der Waals surface area (Å²) >= 11 is 0. The number of hydrogen-bond acceptors (Lipinski definition) is 1. The number of benzene rings is 1. The van der Waals surface area contributed by atoms with E-state index in [1.54, 1.807) is 0 Å². The minimum absolute atomic E-state index is 0.0374. The van der Waals surface area contributed by atoms with Crippen LogP contribution in [0.4, 0.5) is 0 Å². The maximum absolute atomic E-state index is 6.45. The van der Waals surface area contributed by atoms with Gasteiger partial charge in [0.15, 0.2) is 0 Å². The highest BCUT2D eigenvalue weighted by atomic mass is 14.7. The van der Waals surface area contributed by atoms with E-state index >= 15 is 0 Å². The molecule has 0 spiro atoms. The molecule has 76 valence electrons. The van der Waals surface area contributed by atoms with E-state index in [0.717, 1.165) is 12.8 Å². The van der Waals surface area contributed by atoms with Crippen LogP contribution in [0.3, 0.4) is 0 Å². The maximum Gasteiger partial charge on any atom is 0.0409 e. The fourth-order valence-electron chi connectivity index (χ4n) is 2.43. The lowest BCUT2D eigenvalue weighted by molar-refractivity contribution is 0.302. The van der Waals surface area contributed by atoms with Crippen molar-refractivity contribution in [1.82, 2.24) is 0 Å². The monoisotopic (exact) mass is 189 g/mol. The summed E-state index contributed by atoms with van der Waals surface area (Å²) in [4.78, 5) is 0. The molecule has 1 aromatic carbocycles. The number of nitrogens with two attached hydrogens (primary N) is 1. The van der Waals surface area contributed by atoms with Gasteiger partial charge in [0.25, 0.3) is 0 Å². The summed E-state index contributed by atoms with van der Waals surface area (Å²) in [5.41, 5.74) is 9.06. The molecule has 1 heteroatoms. The Bertz CT molecular complexity index is 311. The van der Waals surface area contributed by atoms with Gasteiger partial charge in [0.2, 0.25) is 0 Å². The molecule has 0 amide bonds. The topological polar surface area (TPSA) is 26.0 Å². The molecule has 2 N–H and O–H groups in total. The van der Waals surface area contributed by atoms with Crippen LogP contribution >= 0.6 is 0 Å². The van der Waals surface area contributed by atoms with Crippen molar-refractivity contribution in [2.24, 2.45) is 5.73 Å². The van der Waals surface area contributed by atoms with Gasteiger partial charge in [0, 0.05) is 5.54 Å². The van der Waals surface area contributed by atoms with Crippen molar-refractivity contribution in [3.8, 4) is 0 Å². The molecule has 0 aliphatic heterocycles. The van der Waals surface area contributed by atoms with Crippen molar-refractivity contribution < 1.29 is 0 Å².